The highest BCUT2D eigenvalue weighted by molar-refractivity contribution is 6.35. The molecule has 1 aromatic rings. The lowest BCUT2D eigenvalue weighted by atomic mass is 10.3. The van der Waals surface area contributed by atoms with Crippen molar-refractivity contribution in [2.75, 3.05) is 24.2 Å². The highest BCUT2D eigenvalue weighted by Gasteiger charge is 2.33. The van der Waals surface area contributed by atoms with Gasteiger partial charge in [-0.2, -0.15) is 0 Å². The van der Waals surface area contributed by atoms with E-state index in [9.17, 15) is 0 Å². The van der Waals surface area contributed by atoms with Crippen molar-refractivity contribution in [2.24, 2.45) is 11.8 Å². The van der Waals surface area contributed by atoms with E-state index < -0.39 is 0 Å². The number of halogens is 1. The van der Waals surface area contributed by atoms with Crippen LogP contribution in [-0.2, 0) is 0 Å². The van der Waals surface area contributed by atoms with E-state index in [2.05, 4.69) is 21.8 Å². The van der Waals surface area contributed by atoms with Gasteiger partial charge >= 0.3 is 0 Å². The number of rotatable bonds is 3. The van der Waals surface area contributed by atoms with Gasteiger partial charge in [-0.05, 0) is 18.3 Å². The van der Waals surface area contributed by atoms with Crippen LogP contribution in [0.25, 0.3) is 0 Å². The normalized spacial score (nSPS) is 23.9. The maximum atomic E-state index is 6.04. The van der Waals surface area contributed by atoms with Gasteiger partial charge < -0.3 is 10.6 Å². The molecule has 15 heavy (non-hydrogen) atoms. The first-order valence-electron chi connectivity index (χ1n) is 5.06. The summed E-state index contributed by atoms with van der Waals surface area (Å²) < 4.78 is 0. The number of anilines is 2. The van der Waals surface area contributed by atoms with Crippen molar-refractivity contribution >= 4 is 23.2 Å². The summed E-state index contributed by atoms with van der Waals surface area (Å²) in [6.07, 6.45) is 2.74. The second-order valence-electron chi connectivity index (χ2n) is 4.25. The molecule has 1 aliphatic rings. The zero-order valence-electron chi connectivity index (χ0n) is 8.94. The smallest absolute Gasteiger partial charge is 0.152 e. The summed E-state index contributed by atoms with van der Waals surface area (Å²) in [5, 5.41) is 0.452. The van der Waals surface area contributed by atoms with Gasteiger partial charge in [-0.1, -0.05) is 18.5 Å². The van der Waals surface area contributed by atoms with Crippen LogP contribution < -0.4 is 10.6 Å². The van der Waals surface area contributed by atoms with Gasteiger partial charge in [0.25, 0.3) is 0 Å². The fraction of sp³-hybridized carbons (Fsp3) is 0.600. The topological polar surface area (TPSA) is 55.0 Å². The van der Waals surface area contributed by atoms with Gasteiger partial charge in [0, 0.05) is 13.6 Å². The third-order valence-corrected chi connectivity index (χ3v) is 3.31. The summed E-state index contributed by atoms with van der Waals surface area (Å²) in [5.74, 6) is 2.66. The van der Waals surface area contributed by atoms with Crippen molar-refractivity contribution in [3.05, 3.63) is 11.3 Å². The minimum absolute atomic E-state index is 0.345. The first-order valence-corrected chi connectivity index (χ1v) is 5.44. The summed E-state index contributed by atoms with van der Waals surface area (Å²) in [7, 11) is 1.98. The number of hydrogen-bond donors (Lipinski definition) is 1. The SMILES string of the molecule is CC1CC1CN(C)c1ncnc(N)c1Cl. The van der Waals surface area contributed by atoms with Crippen molar-refractivity contribution in [2.45, 2.75) is 13.3 Å². The quantitative estimate of drug-likeness (QED) is 0.854. The van der Waals surface area contributed by atoms with E-state index in [0.717, 1.165) is 24.2 Å². The maximum absolute atomic E-state index is 6.04. The predicted molar refractivity (Wildman–Crippen MR) is 62.0 cm³/mol. The van der Waals surface area contributed by atoms with Crippen LogP contribution >= 0.6 is 11.6 Å². The van der Waals surface area contributed by atoms with Crippen LogP contribution in [0.1, 0.15) is 13.3 Å². The Labute approximate surface area is 94.5 Å². The lowest BCUT2D eigenvalue weighted by Crippen LogP contribution is -2.22. The van der Waals surface area contributed by atoms with Crippen molar-refractivity contribution < 1.29 is 0 Å². The minimum Gasteiger partial charge on any atom is -0.382 e. The molecule has 4 nitrogen and oxygen atoms in total. The molecular weight excluding hydrogens is 212 g/mol. The third kappa shape index (κ3) is 2.15. The largest absolute Gasteiger partial charge is 0.382 e. The van der Waals surface area contributed by atoms with Crippen LogP contribution in [0.15, 0.2) is 6.33 Å². The molecule has 0 aliphatic heterocycles. The van der Waals surface area contributed by atoms with Gasteiger partial charge in [-0.25, -0.2) is 9.97 Å². The first kappa shape index (κ1) is 10.5. The highest BCUT2D eigenvalue weighted by atomic mass is 35.5. The Balaban J connectivity index is 2.11. The molecular formula is C10H15ClN4. The van der Waals surface area contributed by atoms with Crippen LogP contribution in [-0.4, -0.2) is 23.6 Å². The molecule has 0 aromatic carbocycles. The number of nitrogens with two attached hydrogens (primary N) is 1. The van der Waals surface area contributed by atoms with Gasteiger partial charge in [-0.15, -0.1) is 0 Å². The number of hydrogen-bond acceptors (Lipinski definition) is 4. The predicted octanol–water partition coefficient (Wildman–Crippen LogP) is 1.80. The van der Waals surface area contributed by atoms with Crippen molar-refractivity contribution in [1.29, 1.82) is 0 Å². The lowest BCUT2D eigenvalue weighted by molar-refractivity contribution is 0.719. The molecule has 0 spiro atoms. The van der Waals surface area contributed by atoms with E-state index in [-0.39, 0.29) is 0 Å². The van der Waals surface area contributed by atoms with Gasteiger partial charge in [0.05, 0.1) is 0 Å². The second kappa shape index (κ2) is 3.85. The number of nitrogens with zero attached hydrogens (tertiary/aromatic N) is 3. The molecule has 0 bridgehead atoms. The van der Waals surface area contributed by atoms with Crippen LogP contribution in [0.5, 0.6) is 0 Å². The number of aromatic nitrogens is 2. The Bertz CT molecular complexity index is 368. The van der Waals surface area contributed by atoms with Crippen molar-refractivity contribution in [1.82, 2.24) is 9.97 Å². The summed E-state index contributed by atoms with van der Waals surface area (Å²) in [4.78, 5) is 10.0. The second-order valence-corrected chi connectivity index (χ2v) is 4.63. The van der Waals surface area contributed by atoms with E-state index in [4.69, 9.17) is 17.3 Å². The van der Waals surface area contributed by atoms with Gasteiger partial charge in [0.2, 0.25) is 0 Å². The van der Waals surface area contributed by atoms with Gasteiger partial charge in [-0.3, -0.25) is 0 Å². The van der Waals surface area contributed by atoms with Crippen molar-refractivity contribution in [3.63, 3.8) is 0 Å². The summed E-state index contributed by atoms with van der Waals surface area (Å²) >= 11 is 6.04. The lowest BCUT2D eigenvalue weighted by Gasteiger charge is -2.19. The van der Waals surface area contributed by atoms with E-state index in [1.807, 2.05) is 7.05 Å². The average Bonchev–Trinajstić information content (AvgIpc) is 2.86. The van der Waals surface area contributed by atoms with Gasteiger partial charge in [0.15, 0.2) is 5.82 Å². The van der Waals surface area contributed by atoms with Crippen molar-refractivity contribution in [3.8, 4) is 0 Å². The van der Waals surface area contributed by atoms with E-state index in [0.29, 0.717) is 10.8 Å². The highest BCUT2D eigenvalue weighted by Crippen LogP contribution is 2.39. The Kier molecular flexibility index (Phi) is 2.69. The molecule has 82 valence electrons. The molecule has 1 aromatic heterocycles. The molecule has 1 saturated carbocycles. The Morgan fingerprint density at radius 1 is 1.60 bits per heavy atom. The Hall–Kier alpha value is -1.03. The van der Waals surface area contributed by atoms with Crippen LogP contribution in [0.3, 0.4) is 0 Å². The summed E-state index contributed by atoms with van der Waals surface area (Å²) in [6.45, 7) is 3.24. The molecule has 0 saturated heterocycles. The molecule has 1 aliphatic carbocycles. The van der Waals surface area contributed by atoms with E-state index >= 15 is 0 Å². The number of nitrogen functional groups attached to an aromatic ring is 1. The standard InChI is InChI=1S/C10H15ClN4/c1-6-3-7(6)4-15(2)10-8(11)9(12)13-5-14-10/h5-7H,3-4H2,1-2H3,(H2,12,13,14). The fourth-order valence-corrected chi connectivity index (χ4v) is 1.97. The zero-order chi connectivity index (χ0) is 11.0. The monoisotopic (exact) mass is 226 g/mol. The molecule has 2 atom stereocenters. The first-order chi connectivity index (χ1) is 7.09. The molecule has 2 unspecified atom stereocenters. The molecule has 2 rings (SSSR count). The average molecular weight is 227 g/mol. The van der Waals surface area contributed by atoms with Crippen LogP contribution in [0.4, 0.5) is 11.6 Å². The van der Waals surface area contributed by atoms with E-state index in [1.165, 1.54) is 12.7 Å². The molecule has 0 radical (unpaired) electrons. The molecule has 1 fully saturated rings. The molecule has 2 N–H and O–H groups in total. The van der Waals surface area contributed by atoms with Crippen LogP contribution in [0, 0.1) is 11.8 Å². The minimum atomic E-state index is 0.345. The fourth-order valence-electron chi connectivity index (χ4n) is 1.73. The zero-order valence-corrected chi connectivity index (χ0v) is 9.70. The van der Waals surface area contributed by atoms with Crippen LogP contribution in [0.2, 0.25) is 5.02 Å². The molecule has 0 amide bonds. The summed E-state index contributed by atoms with van der Waals surface area (Å²) in [5.41, 5.74) is 5.62. The van der Waals surface area contributed by atoms with Gasteiger partial charge in [0.1, 0.15) is 17.2 Å². The Morgan fingerprint density at radius 2 is 2.27 bits per heavy atom. The summed E-state index contributed by atoms with van der Waals surface area (Å²) in [6, 6.07) is 0. The third-order valence-electron chi connectivity index (χ3n) is 2.94. The maximum Gasteiger partial charge on any atom is 0.152 e. The Morgan fingerprint density at radius 3 is 2.87 bits per heavy atom. The molecule has 5 heteroatoms. The van der Waals surface area contributed by atoms with E-state index in [1.54, 1.807) is 0 Å². The molecule has 1 heterocycles.